The van der Waals surface area contributed by atoms with Crippen molar-refractivity contribution in [2.45, 2.75) is 12.6 Å². The van der Waals surface area contributed by atoms with Crippen molar-refractivity contribution in [1.82, 2.24) is 9.25 Å². The van der Waals surface area contributed by atoms with Crippen LogP contribution >= 0.6 is 0 Å². The first kappa shape index (κ1) is 23.5. The Morgan fingerprint density at radius 2 is 1.42 bits per heavy atom. The van der Waals surface area contributed by atoms with Crippen molar-refractivity contribution in [2.24, 2.45) is 0 Å². The smallest absolute Gasteiger partial charge is 0.398 e. The Labute approximate surface area is 259 Å². The molecule has 0 fully saturated rings. The van der Waals surface area contributed by atoms with Crippen molar-refractivity contribution in [3.05, 3.63) is 156 Å². The average molecular weight is 579 g/mol. The first-order chi connectivity index (χ1) is 22.2. The largest absolute Gasteiger partial charge is 0.456 e. The highest BCUT2D eigenvalue weighted by atomic mass is 16.5. The number of fused-ring (bicyclic) bond motifs is 7. The van der Waals surface area contributed by atoms with Crippen LogP contribution < -0.4 is 14.0 Å². The fourth-order valence-corrected chi connectivity index (χ4v) is 8.43. The van der Waals surface area contributed by atoms with Crippen molar-refractivity contribution in [1.29, 1.82) is 0 Å². The molecule has 210 valence electrons. The maximum atomic E-state index is 6.84. The third kappa shape index (κ3) is 2.63. The van der Waals surface area contributed by atoms with Crippen LogP contribution in [0.5, 0.6) is 11.5 Å². The zero-order valence-corrected chi connectivity index (χ0v) is 24.5. The Bertz CT molecular complexity index is 2590. The van der Waals surface area contributed by atoms with Gasteiger partial charge in [-0.3, -0.25) is 0 Å². The Morgan fingerprint density at radius 3 is 2.36 bits per heavy atom. The summed E-state index contributed by atoms with van der Waals surface area (Å²) in [5.41, 5.74) is 11.1. The molecule has 5 nitrogen and oxygen atoms in total. The molecule has 8 aromatic rings. The van der Waals surface area contributed by atoms with Gasteiger partial charge < -0.3 is 4.74 Å². The zero-order valence-electron chi connectivity index (χ0n) is 24.5. The number of ether oxygens (including phenoxy) is 1. The van der Waals surface area contributed by atoms with Crippen LogP contribution in [0.4, 0.5) is 0 Å². The summed E-state index contributed by atoms with van der Waals surface area (Å²) in [7, 11) is 0. The quantitative estimate of drug-likeness (QED) is 0.192. The van der Waals surface area contributed by atoms with Crippen molar-refractivity contribution in [2.75, 3.05) is 0 Å². The van der Waals surface area contributed by atoms with E-state index >= 15 is 0 Å². The van der Waals surface area contributed by atoms with Gasteiger partial charge in [0.1, 0.15) is 28.3 Å². The molecule has 0 aliphatic carbocycles. The number of aryl methyl sites for hydroxylation is 1. The molecule has 11 rings (SSSR count). The number of aromatic nitrogens is 4. The van der Waals surface area contributed by atoms with Gasteiger partial charge in [-0.25, -0.2) is 0 Å². The summed E-state index contributed by atoms with van der Waals surface area (Å²) in [6, 6.07) is 45.8. The summed E-state index contributed by atoms with van der Waals surface area (Å²) in [6.45, 7) is 2.24. The van der Waals surface area contributed by atoms with E-state index < -0.39 is 5.66 Å². The number of para-hydroxylation sites is 1. The third-order valence-corrected chi connectivity index (χ3v) is 10.0. The van der Waals surface area contributed by atoms with E-state index in [0.29, 0.717) is 0 Å². The molecule has 45 heavy (non-hydrogen) atoms. The van der Waals surface area contributed by atoms with Crippen LogP contribution in [-0.4, -0.2) is 9.25 Å². The van der Waals surface area contributed by atoms with E-state index in [1.807, 2.05) is 0 Å². The Kier molecular flexibility index (Phi) is 4.16. The molecule has 1 unspecified atom stereocenters. The number of hydrogen-bond donors (Lipinski definition) is 0. The predicted molar refractivity (Wildman–Crippen MR) is 174 cm³/mol. The van der Waals surface area contributed by atoms with Crippen LogP contribution in [0.1, 0.15) is 16.7 Å². The molecule has 5 heteroatoms. The van der Waals surface area contributed by atoms with Gasteiger partial charge in [0.15, 0.2) is 11.1 Å². The predicted octanol–water partition coefficient (Wildman–Crippen LogP) is 7.82. The van der Waals surface area contributed by atoms with Crippen LogP contribution in [0.15, 0.2) is 140 Å². The molecule has 0 saturated heterocycles. The zero-order chi connectivity index (χ0) is 29.4. The molecule has 0 bridgehead atoms. The van der Waals surface area contributed by atoms with Crippen LogP contribution in [0.2, 0.25) is 0 Å². The lowest BCUT2D eigenvalue weighted by Gasteiger charge is -2.33. The molecule has 5 aromatic carbocycles. The van der Waals surface area contributed by atoms with Gasteiger partial charge in [-0.15, -0.1) is 4.68 Å². The molecule has 0 saturated carbocycles. The van der Waals surface area contributed by atoms with E-state index in [2.05, 4.69) is 165 Å². The minimum absolute atomic E-state index is 0.716. The standard InChI is InChI=1S/C40H26N4O/c1-25-24-42-32-17-10-18-33-36(32)40(44(42)38(25)28-14-9-13-27(23-28)26-11-3-2-4-12-26)37-34(45-33)21-20-30-29-15-5-6-16-31(29)43(39(30)37)35-19-7-8-22-41(35)40/h2-24H,1H3/q+2. The molecule has 0 radical (unpaired) electrons. The monoisotopic (exact) mass is 578 g/mol. The Hall–Kier alpha value is -5.94. The summed E-state index contributed by atoms with van der Waals surface area (Å²) in [6.07, 6.45) is 4.54. The number of benzene rings is 5. The number of rotatable bonds is 2. The SMILES string of the molecule is Cc1cn2[n+](c1-c1cccc(-c3ccccc3)c1)C13c4c(cccc4-2)Oc2ccc4c5ccccc5n(c4c21)-c1cccc[n+]13. The molecule has 0 N–H and O–H groups in total. The van der Waals surface area contributed by atoms with Crippen LogP contribution in [-0.2, 0) is 5.66 Å². The van der Waals surface area contributed by atoms with Gasteiger partial charge in [-0.2, -0.15) is 9.13 Å². The summed E-state index contributed by atoms with van der Waals surface area (Å²) in [4.78, 5) is 0. The van der Waals surface area contributed by atoms with E-state index in [1.54, 1.807) is 0 Å². The molecular weight excluding hydrogens is 552 g/mol. The summed E-state index contributed by atoms with van der Waals surface area (Å²) >= 11 is 0. The second-order valence-electron chi connectivity index (χ2n) is 12.3. The van der Waals surface area contributed by atoms with Gasteiger partial charge in [0.05, 0.1) is 12.4 Å². The normalized spacial score (nSPS) is 16.4. The van der Waals surface area contributed by atoms with Crippen molar-refractivity contribution in [3.8, 4) is 45.4 Å². The molecule has 1 atom stereocenters. The first-order valence-corrected chi connectivity index (χ1v) is 15.5. The van der Waals surface area contributed by atoms with Gasteiger partial charge in [-0.1, -0.05) is 66.7 Å². The second kappa shape index (κ2) is 7.96. The fraction of sp³-hybridized carbons (Fsp3) is 0.0500. The average Bonchev–Trinajstić information content (AvgIpc) is 3.71. The van der Waals surface area contributed by atoms with Crippen LogP contribution in [0, 0.1) is 6.92 Å². The Balaban J connectivity index is 1.34. The second-order valence-corrected chi connectivity index (χ2v) is 12.3. The van der Waals surface area contributed by atoms with Crippen molar-refractivity contribution < 1.29 is 14.0 Å². The van der Waals surface area contributed by atoms with Gasteiger partial charge in [0.2, 0.25) is 5.69 Å². The molecule has 0 amide bonds. The minimum Gasteiger partial charge on any atom is -0.456 e. The van der Waals surface area contributed by atoms with Gasteiger partial charge in [0, 0.05) is 28.0 Å². The highest BCUT2D eigenvalue weighted by Crippen LogP contribution is 2.55. The number of nitrogens with zero attached hydrogens (tertiary/aromatic N) is 4. The lowest BCUT2D eigenvalue weighted by atomic mass is 9.84. The van der Waals surface area contributed by atoms with Gasteiger partial charge in [0.25, 0.3) is 5.82 Å². The van der Waals surface area contributed by atoms with E-state index in [1.165, 1.54) is 60.9 Å². The number of hydrogen-bond acceptors (Lipinski definition) is 1. The van der Waals surface area contributed by atoms with Crippen LogP contribution in [0.3, 0.4) is 0 Å². The topological polar surface area (TPSA) is 26.8 Å². The van der Waals surface area contributed by atoms with E-state index in [9.17, 15) is 0 Å². The molecule has 3 aliphatic heterocycles. The van der Waals surface area contributed by atoms with Gasteiger partial charge >= 0.3 is 5.66 Å². The molecule has 1 spiro atoms. The lowest BCUT2D eigenvalue weighted by Crippen LogP contribution is -2.77. The highest BCUT2D eigenvalue weighted by Gasteiger charge is 2.69. The summed E-state index contributed by atoms with van der Waals surface area (Å²) in [5, 5.41) is 2.48. The van der Waals surface area contributed by atoms with Crippen LogP contribution in [0.25, 0.3) is 55.7 Å². The fourth-order valence-electron chi connectivity index (χ4n) is 8.43. The van der Waals surface area contributed by atoms with Gasteiger partial charge in [-0.05, 0) is 77.3 Å². The van der Waals surface area contributed by atoms with Crippen molar-refractivity contribution in [3.63, 3.8) is 0 Å². The summed E-state index contributed by atoms with van der Waals surface area (Å²) in [5.74, 6) is 2.91. The van der Waals surface area contributed by atoms with Crippen molar-refractivity contribution >= 4 is 21.8 Å². The lowest BCUT2D eigenvalue weighted by molar-refractivity contribution is -0.988. The Morgan fingerprint density at radius 1 is 0.644 bits per heavy atom. The maximum absolute atomic E-state index is 6.84. The molecule has 3 aromatic heterocycles. The maximum Gasteiger partial charge on any atom is 0.398 e. The molecular formula is C40H26N4O+2. The van der Waals surface area contributed by atoms with E-state index in [0.717, 1.165) is 23.0 Å². The summed E-state index contributed by atoms with van der Waals surface area (Å²) < 4.78 is 16.6. The van der Waals surface area contributed by atoms with E-state index in [-0.39, 0.29) is 0 Å². The molecule has 3 aliphatic rings. The molecule has 6 heterocycles. The minimum atomic E-state index is -0.716. The van der Waals surface area contributed by atoms with E-state index in [4.69, 9.17) is 4.74 Å². The highest BCUT2D eigenvalue weighted by molar-refractivity contribution is 6.11. The third-order valence-electron chi connectivity index (χ3n) is 10.0. The number of pyridine rings is 1. The first-order valence-electron chi connectivity index (χ1n) is 15.5.